The van der Waals surface area contributed by atoms with Gasteiger partial charge >= 0.3 is 0 Å². The molecule has 94 valence electrons. The van der Waals surface area contributed by atoms with Gasteiger partial charge in [-0.2, -0.15) is 5.10 Å². The van der Waals surface area contributed by atoms with E-state index in [1.165, 1.54) is 23.9 Å². The summed E-state index contributed by atoms with van der Waals surface area (Å²) in [5.74, 6) is 0.157. The molecule has 0 unspecified atom stereocenters. The van der Waals surface area contributed by atoms with Crippen molar-refractivity contribution < 1.29 is 9.63 Å². The summed E-state index contributed by atoms with van der Waals surface area (Å²) < 4.78 is 0. The Bertz CT molecular complexity index is 557. The Hall–Kier alpha value is -1.66. The number of thioether (sulfide) groups is 1. The first kappa shape index (κ1) is 12.8. The number of amides is 1. The molecular formula is C12H13N3O2S. The molecule has 0 saturated carbocycles. The van der Waals surface area contributed by atoms with Crippen LogP contribution in [0.15, 0.2) is 35.5 Å². The number of carbonyl (C=O) groups excluding carboxylic acids is 1. The maximum Gasteiger partial charge on any atom is 0.256 e. The van der Waals surface area contributed by atoms with Crippen molar-refractivity contribution in [1.82, 2.24) is 15.3 Å². The van der Waals surface area contributed by atoms with E-state index >= 15 is 0 Å². The summed E-state index contributed by atoms with van der Waals surface area (Å²) in [7, 11) is 3.04. The minimum atomic E-state index is -0.114. The van der Waals surface area contributed by atoms with E-state index in [9.17, 15) is 4.79 Å². The van der Waals surface area contributed by atoms with Crippen molar-refractivity contribution in [2.24, 2.45) is 0 Å². The highest BCUT2D eigenvalue weighted by atomic mass is 32.2. The highest BCUT2D eigenvalue weighted by Gasteiger charge is 2.11. The number of aromatic nitrogens is 2. The van der Waals surface area contributed by atoms with Gasteiger partial charge in [0, 0.05) is 17.8 Å². The molecule has 5 nitrogen and oxygen atoms in total. The van der Waals surface area contributed by atoms with Crippen LogP contribution in [-0.4, -0.2) is 41.1 Å². The molecule has 0 atom stereocenters. The second-order valence-corrected chi connectivity index (χ2v) is 4.56. The third-order valence-electron chi connectivity index (χ3n) is 2.49. The van der Waals surface area contributed by atoms with Crippen molar-refractivity contribution in [2.45, 2.75) is 5.03 Å². The van der Waals surface area contributed by atoms with Crippen molar-refractivity contribution in [3.05, 3.63) is 30.5 Å². The van der Waals surface area contributed by atoms with Crippen LogP contribution in [0.4, 0.5) is 0 Å². The first-order valence-corrected chi connectivity index (χ1v) is 6.35. The molecule has 0 fully saturated rings. The van der Waals surface area contributed by atoms with Gasteiger partial charge in [0.2, 0.25) is 0 Å². The molecule has 2 rings (SSSR count). The number of carbonyl (C=O) groups is 1. The number of rotatable bonds is 4. The number of fused-ring (bicyclic) bond motifs is 1. The monoisotopic (exact) mass is 263 g/mol. The van der Waals surface area contributed by atoms with Gasteiger partial charge < -0.3 is 0 Å². The number of hydrogen-bond acceptors (Lipinski definition) is 5. The molecule has 0 aliphatic carbocycles. The predicted molar refractivity (Wildman–Crippen MR) is 70.0 cm³/mol. The van der Waals surface area contributed by atoms with Gasteiger partial charge in [-0.05, 0) is 0 Å². The lowest BCUT2D eigenvalue weighted by Crippen LogP contribution is -2.27. The smallest absolute Gasteiger partial charge is 0.256 e. The largest absolute Gasteiger partial charge is 0.275 e. The SMILES string of the molecule is CON(C)C(=O)CSc1nncc2ccccc12. The van der Waals surface area contributed by atoms with E-state index in [2.05, 4.69) is 10.2 Å². The van der Waals surface area contributed by atoms with Crippen molar-refractivity contribution in [3.8, 4) is 0 Å². The average Bonchev–Trinajstić information content (AvgIpc) is 2.43. The Morgan fingerprint density at radius 2 is 2.22 bits per heavy atom. The fourth-order valence-electron chi connectivity index (χ4n) is 1.43. The molecule has 0 spiro atoms. The van der Waals surface area contributed by atoms with Crippen LogP contribution in [0.2, 0.25) is 0 Å². The van der Waals surface area contributed by atoms with E-state index in [1.807, 2.05) is 24.3 Å². The van der Waals surface area contributed by atoms with Gasteiger partial charge in [0.05, 0.1) is 19.1 Å². The van der Waals surface area contributed by atoms with Gasteiger partial charge in [-0.3, -0.25) is 9.63 Å². The van der Waals surface area contributed by atoms with E-state index in [-0.39, 0.29) is 11.7 Å². The van der Waals surface area contributed by atoms with Crippen molar-refractivity contribution >= 4 is 28.4 Å². The molecule has 0 aliphatic heterocycles. The second-order valence-electron chi connectivity index (χ2n) is 3.60. The summed E-state index contributed by atoms with van der Waals surface area (Å²) >= 11 is 1.36. The zero-order valence-electron chi connectivity index (χ0n) is 10.2. The molecule has 0 aliphatic rings. The van der Waals surface area contributed by atoms with Crippen LogP contribution in [-0.2, 0) is 9.63 Å². The third-order valence-corrected chi connectivity index (χ3v) is 3.46. The van der Waals surface area contributed by atoms with E-state index in [4.69, 9.17) is 4.84 Å². The molecule has 18 heavy (non-hydrogen) atoms. The van der Waals surface area contributed by atoms with Crippen LogP contribution in [0.3, 0.4) is 0 Å². The van der Waals surface area contributed by atoms with Gasteiger partial charge in [0.25, 0.3) is 5.91 Å². The van der Waals surface area contributed by atoms with Gasteiger partial charge in [-0.15, -0.1) is 5.10 Å². The molecule has 1 aromatic carbocycles. The summed E-state index contributed by atoms with van der Waals surface area (Å²) in [6, 6.07) is 7.83. The Labute approximate surface area is 109 Å². The summed E-state index contributed by atoms with van der Waals surface area (Å²) in [5.41, 5.74) is 0. The maximum atomic E-state index is 11.6. The Morgan fingerprint density at radius 3 is 3.00 bits per heavy atom. The summed E-state index contributed by atoms with van der Waals surface area (Å²) in [4.78, 5) is 16.4. The number of hydrogen-bond donors (Lipinski definition) is 0. The lowest BCUT2D eigenvalue weighted by Gasteiger charge is -2.12. The predicted octanol–water partition coefficient (Wildman–Crippen LogP) is 1.74. The van der Waals surface area contributed by atoms with Crippen LogP contribution in [0.25, 0.3) is 10.8 Å². The summed E-state index contributed by atoms with van der Waals surface area (Å²) in [6.45, 7) is 0. The zero-order chi connectivity index (χ0) is 13.0. The lowest BCUT2D eigenvalue weighted by molar-refractivity contribution is -0.165. The average molecular weight is 263 g/mol. The van der Waals surface area contributed by atoms with Crippen molar-refractivity contribution in [3.63, 3.8) is 0 Å². The highest BCUT2D eigenvalue weighted by molar-refractivity contribution is 8.00. The van der Waals surface area contributed by atoms with E-state index in [0.717, 1.165) is 15.8 Å². The Balaban J connectivity index is 2.15. The molecule has 0 radical (unpaired) electrons. The standard InChI is InChI=1S/C12H13N3O2S/c1-15(17-2)11(16)8-18-12-10-6-4-3-5-9(10)7-13-14-12/h3-7H,8H2,1-2H3. The van der Waals surface area contributed by atoms with Gasteiger partial charge in [0.1, 0.15) is 5.03 Å². The molecule has 1 aromatic heterocycles. The number of hydroxylamine groups is 2. The summed E-state index contributed by atoms with van der Waals surface area (Å²) in [6.07, 6.45) is 1.71. The molecule has 1 heterocycles. The molecule has 2 aromatic rings. The van der Waals surface area contributed by atoms with E-state index < -0.39 is 0 Å². The normalized spacial score (nSPS) is 10.6. The fourth-order valence-corrected chi connectivity index (χ4v) is 2.32. The number of benzene rings is 1. The first-order chi connectivity index (χ1) is 8.72. The van der Waals surface area contributed by atoms with Crippen molar-refractivity contribution in [2.75, 3.05) is 19.9 Å². The molecule has 0 bridgehead atoms. The van der Waals surface area contributed by atoms with E-state index in [0.29, 0.717) is 0 Å². The van der Waals surface area contributed by atoms with Crippen molar-refractivity contribution in [1.29, 1.82) is 0 Å². The first-order valence-electron chi connectivity index (χ1n) is 5.36. The van der Waals surface area contributed by atoms with Gasteiger partial charge in [-0.25, -0.2) is 5.06 Å². The van der Waals surface area contributed by atoms with E-state index in [1.54, 1.807) is 13.2 Å². The Morgan fingerprint density at radius 1 is 1.44 bits per heavy atom. The van der Waals surface area contributed by atoms with Crippen LogP contribution < -0.4 is 0 Å². The molecule has 1 amide bonds. The summed E-state index contributed by atoms with van der Waals surface area (Å²) in [5, 5.41) is 12.0. The Kier molecular flexibility index (Phi) is 4.11. The lowest BCUT2D eigenvalue weighted by atomic mass is 10.2. The molecular weight excluding hydrogens is 250 g/mol. The number of nitrogens with zero attached hydrogens (tertiary/aromatic N) is 3. The van der Waals surface area contributed by atoms with Gasteiger partial charge in [-0.1, -0.05) is 36.0 Å². The maximum absolute atomic E-state index is 11.6. The topological polar surface area (TPSA) is 55.3 Å². The van der Waals surface area contributed by atoms with Gasteiger partial charge in [0.15, 0.2) is 0 Å². The molecule has 0 N–H and O–H groups in total. The second kappa shape index (κ2) is 5.79. The minimum absolute atomic E-state index is 0.114. The third kappa shape index (κ3) is 2.77. The quantitative estimate of drug-likeness (QED) is 0.621. The molecule has 0 saturated heterocycles. The van der Waals surface area contributed by atoms with Crippen LogP contribution >= 0.6 is 11.8 Å². The van der Waals surface area contributed by atoms with Crippen LogP contribution in [0, 0.1) is 0 Å². The highest BCUT2D eigenvalue weighted by Crippen LogP contribution is 2.24. The fraction of sp³-hybridized carbons (Fsp3) is 0.250. The van der Waals surface area contributed by atoms with Crippen LogP contribution in [0.1, 0.15) is 0 Å². The zero-order valence-corrected chi connectivity index (χ0v) is 11.0. The minimum Gasteiger partial charge on any atom is -0.275 e. The molecule has 6 heteroatoms. The van der Waals surface area contributed by atoms with Crippen LogP contribution in [0.5, 0.6) is 0 Å².